The van der Waals surface area contributed by atoms with Crippen LogP contribution in [0.15, 0.2) is 108 Å². The first-order valence-electron chi connectivity index (χ1n) is 13.3. The number of hydrogen-bond acceptors (Lipinski definition) is 6. The zero-order valence-corrected chi connectivity index (χ0v) is 23.4. The van der Waals surface area contributed by atoms with Crippen molar-refractivity contribution in [3.8, 4) is 5.88 Å². The van der Waals surface area contributed by atoms with Crippen molar-refractivity contribution >= 4 is 40.9 Å². The molecule has 3 N–H and O–H groups in total. The van der Waals surface area contributed by atoms with Crippen LogP contribution in [0, 0.1) is 0 Å². The lowest BCUT2D eigenvalue weighted by atomic mass is 10.0. The molecule has 1 heterocycles. The number of rotatable bonds is 11. The predicted molar refractivity (Wildman–Crippen MR) is 162 cm³/mol. The second-order valence-electron chi connectivity index (χ2n) is 9.12. The van der Waals surface area contributed by atoms with Gasteiger partial charge in [-0.1, -0.05) is 60.7 Å². The minimum Gasteiger partial charge on any atom is -0.494 e. The standard InChI is InChI=1S/C32H32N3O4P/c1-3-38-40(37,39-4-2)27-19-20-29-28(21-27)30(32(36)35-29)31(24-11-7-5-8-12-24)34-26-17-15-23(16-18-26)22-33-25-13-9-6-10-14-25/h5-21,33,35-36H,3-4,22H2,1-2H3. The SMILES string of the molecule is CCOP(=O)(OCC)c1ccc2[nH]c(O)c(C(=Nc3ccc(CNc4ccccc4)cc3)c3ccccc3)c2c1. The molecule has 0 fully saturated rings. The van der Waals surface area contributed by atoms with Crippen LogP contribution < -0.4 is 10.6 Å². The maximum atomic E-state index is 13.5. The van der Waals surface area contributed by atoms with E-state index in [0.29, 0.717) is 34.0 Å². The summed E-state index contributed by atoms with van der Waals surface area (Å²) in [5.41, 5.74) is 5.52. The molecule has 0 amide bonds. The summed E-state index contributed by atoms with van der Waals surface area (Å²) in [5, 5.41) is 15.6. The molecule has 4 aromatic carbocycles. The molecule has 0 bridgehead atoms. The Morgan fingerprint density at radius 2 is 1.52 bits per heavy atom. The van der Waals surface area contributed by atoms with E-state index < -0.39 is 7.60 Å². The fourth-order valence-electron chi connectivity index (χ4n) is 4.54. The molecule has 5 rings (SSSR count). The lowest BCUT2D eigenvalue weighted by molar-refractivity contribution is 0.230. The molecule has 0 saturated heterocycles. The number of aromatic amines is 1. The van der Waals surface area contributed by atoms with E-state index in [-0.39, 0.29) is 19.1 Å². The first-order chi connectivity index (χ1) is 19.5. The number of benzene rings is 4. The molecule has 5 aromatic rings. The van der Waals surface area contributed by atoms with E-state index in [0.717, 1.165) is 22.5 Å². The van der Waals surface area contributed by atoms with E-state index in [2.05, 4.69) is 10.3 Å². The van der Waals surface area contributed by atoms with Crippen LogP contribution in [0.25, 0.3) is 10.9 Å². The molecule has 0 aliphatic rings. The quantitative estimate of drug-likeness (QED) is 0.116. The van der Waals surface area contributed by atoms with Crippen LogP contribution in [0.2, 0.25) is 0 Å². The fraction of sp³-hybridized carbons (Fsp3) is 0.156. The summed E-state index contributed by atoms with van der Waals surface area (Å²) in [5.74, 6) is -0.0268. The molecule has 8 heteroatoms. The fourth-order valence-corrected chi connectivity index (χ4v) is 6.14. The van der Waals surface area contributed by atoms with Crippen molar-refractivity contribution in [3.05, 3.63) is 120 Å². The van der Waals surface area contributed by atoms with Crippen LogP contribution in [0.4, 0.5) is 11.4 Å². The number of aromatic hydroxyl groups is 1. The molecule has 7 nitrogen and oxygen atoms in total. The first-order valence-corrected chi connectivity index (χ1v) is 14.8. The Bertz CT molecular complexity index is 1640. The Hall–Kier alpha value is -4.16. The highest BCUT2D eigenvalue weighted by molar-refractivity contribution is 7.62. The molecule has 0 radical (unpaired) electrons. The third-order valence-electron chi connectivity index (χ3n) is 6.41. The maximum absolute atomic E-state index is 13.5. The highest BCUT2D eigenvalue weighted by Crippen LogP contribution is 2.47. The third kappa shape index (κ3) is 6.02. The number of hydrogen-bond donors (Lipinski definition) is 3. The van der Waals surface area contributed by atoms with E-state index in [1.54, 1.807) is 32.0 Å². The topological polar surface area (TPSA) is 95.9 Å². The third-order valence-corrected chi connectivity index (χ3v) is 8.52. The maximum Gasteiger partial charge on any atom is 0.361 e. The zero-order chi connectivity index (χ0) is 28.0. The summed E-state index contributed by atoms with van der Waals surface area (Å²) in [6.07, 6.45) is 0. The number of anilines is 1. The van der Waals surface area contributed by atoms with Gasteiger partial charge < -0.3 is 24.5 Å². The van der Waals surface area contributed by atoms with Gasteiger partial charge >= 0.3 is 7.60 Å². The summed E-state index contributed by atoms with van der Waals surface area (Å²) in [4.78, 5) is 8.03. The van der Waals surface area contributed by atoms with Crippen molar-refractivity contribution in [1.29, 1.82) is 0 Å². The summed E-state index contributed by atoms with van der Waals surface area (Å²) >= 11 is 0. The highest BCUT2D eigenvalue weighted by Gasteiger charge is 2.28. The molecule has 0 aliphatic heterocycles. The van der Waals surface area contributed by atoms with Gasteiger partial charge in [0, 0.05) is 28.7 Å². The number of nitrogens with one attached hydrogen (secondary N) is 2. The van der Waals surface area contributed by atoms with Crippen LogP contribution in [0.3, 0.4) is 0 Å². The van der Waals surface area contributed by atoms with Gasteiger partial charge in [-0.15, -0.1) is 0 Å². The average molecular weight is 554 g/mol. The molecule has 0 spiro atoms. The molecule has 0 unspecified atom stereocenters. The van der Waals surface area contributed by atoms with Gasteiger partial charge in [0.15, 0.2) is 5.88 Å². The van der Waals surface area contributed by atoms with Crippen molar-refractivity contribution in [1.82, 2.24) is 4.98 Å². The normalized spacial score (nSPS) is 12.1. The van der Waals surface area contributed by atoms with Gasteiger partial charge in [-0.2, -0.15) is 0 Å². The molecule has 0 atom stereocenters. The molecule has 0 saturated carbocycles. The van der Waals surface area contributed by atoms with Gasteiger partial charge in [0.05, 0.1) is 35.5 Å². The van der Waals surface area contributed by atoms with Gasteiger partial charge in [0.2, 0.25) is 0 Å². The smallest absolute Gasteiger partial charge is 0.361 e. The largest absolute Gasteiger partial charge is 0.494 e. The van der Waals surface area contributed by atoms with E-state index in [9.17, 15) is 9.67 Å². The Kier molecular flexibility index (Phi) is 8.46. The summed E-state index contributed by atoms with van der Waals surface area (Å²) < 4.78 is 24.7. The van der Waals surface area contributed by atoms with Crippen molar-refractivity contribution < 1.29 is 18.7 Å². The lowest BCUT2D eigenvalue weighted by Gasteiger charge is -2.17. The number of aromatic nitrogens is 1. The first kappa shape index (κ1) is 27.4. The molecular formula is C32H32N3O4P. The second kappa shape index (κ2) is 12.3. The van der Waals surface area contributed by atoms with E-state index in [4.69, 9.17) is 14.0 Å². The van der Waals surface area contributed by atoms with Gasteiger partial charge in [-0.05, 0) is 61.9 Å². The van der Waals surface area contributed by atoms with Crippen LogP contribution in [-0.2, 0) is 20.2 Å². The number of nitrogens with zero attached hydrogens (tertiary/aromatic N) is 1. The molecule has 40 heavy (non-hydrogen) atoms. The summed E-state index contributed by atoms with van der Waals surface area (Å²) in [6.45, 7) is 4.73. The molecule has 204 valence electrons. The zero-order valence-electron chi connectivity index (χ0n) is 22.5. The Morgan fingerprint density at radius 3 is 2.17 bits per heavy atom. The predicted octanol–water partition coefficient (Wildman–Crippen LogP) is 7.55. The minimum absolute atomic E-state index is 0.0268. The van der Waals surface area contributed by atoms with Crippen molar-refractivity contribution in [2.45, 2.75) is 20.4 Å². The van der Waals surface area contributed by atoms with Crippen LogP contribution in [-0.4, -0.2) is 29.0 Å². The Labute approximate surface area is 234 Å². The number of aliphatic imine (C=N–C) groups is 1. The van der Waals surface area contributed by atoms with E-state index in [1.165, 1.54) is 0 Å². The van der Waals surface area contributed by atoms with E-state index >= 15 is 0 Å². The number of fused-ring (bicyclic) bond motifs is 1. The molecule has 1 aromatic heterocycles. The van der Waals surface area contributed by atoms with Gasteiger partial charge in [-0.3, -0.25) is 4.57 Å². The summed E-state index contributed by atoms with van der Waals surface area (Å²) in [7, 11) is -3.53. The Morgan fingerprint density at radius 1 is 0.875 bits per heavy atom. The van der Waals surface area contributed by atoms with E-state index in [1.807, 2.05) is 84.9 Å². The van der Waals surface area contributed by atoms with Crippen molar-refractivity contribution in [2.75, 3.05) is 18.5 Å². The highest BCUT2D eigenvalue weighted by atomic mass is 31.2. The van der Waals surface area contributed by atoms with Crippen molar-refractivity contribution in [2.24, 2.45) is 4.99 Å². The molecular weight excluding hydrogens is 521 g/mol. The Balaban J connectivity index is 1.55. The minimum atomic E-state index is -3.53. The molecule has 0 aliphatic carbocycles. The van der Waals surface area contributed by atoms with Gasteiger partial charge in [0.25, 0.3) is 0 Å². The number of H-pyrrole nitrogens is 1. The van der Waals surface area contributed by atoms with Gasteiger partial charge in [-0.25, -0.2) is 4.99 Å². The number of para-hydroxylation sites is 1. The summed E-state index contributed by atoms with van der Waals surface area (Å²) in [6, 6.07) is 33.0. The van der Waals surface area contributed by atoms with Crippen LogP contribution in [0.5, 0.6) is 5.88 Å². The van der Waals surface area contributed by atoms with Crippen LogP contribution >= 0.6 is 7.60 Å². The monoisotopic (exact) mass is 553 g/mol. The average Bonchev–Trinajstić information content (AvgIpc) is 3.31. The van der Waals surface area contributed by atoms with Crippen LogP contribution in [0.1, 0.15) is 30.5 Å². The second-order valence-corrected chi connectivity index (χ2v) is 11.2. The van der Waals surface area contributed by atoms with Gasteiger partial charge in [0.1, 0.15) is 0 Å². The van der Waals surface area contributed by atoms with Crippen molar-refractivity contribution in [3.63, 3.8) is 0 Å². The lowest BCUT2D eigenvalue weighted by Crippen LogP contribution is -2.11.